The highest BCUT2D eigenvalue weighted by atomic mass is 35.5. The number of carbonyl (C=O) groups excluding carboxylic acids is 2. The van der Waals surface area contributed by atoms with Crippen molar-refractivity contribution in [3.63, 3.8) is 0 Å². The number of amides is 2. The van der Waals surface area contributed by atoms with E-state index in [2.05, 4.69) is 10.3 Å². The minimum Gasteiger partial charge on any atom is -0.482 e. The first-order valence-electron chi connectivity index (χ1n) is 8.96. The number of benzene rings is 2. The number of fused-ring (bicyclic) bond motifs is 1. The number of hydrogen-bond acceptors (Lipinski definition) is 5. The van der Waals surface area contributed by atoms with E-state index in [1.807, 2.05) is 31.4 Å². The maximum atomic E-state index is 12.6. The van der Waals surface area contributed by atoms with Crippen molar-refractivity contribution in [2.24, 2.45) is 0 Å². The zero-order valence-corrected chi connectivity index (χ0v) is 17.4. The van der Waals surface area contributed by atoms with E-state index >= 15 is 0 Å². The van der Waals surface area contributed by atoms with Crippen LogP contribution in [0.1, 0.15) is 10.6 Å². The number of aryl methyl sites for hydroxylation is 2. The molecule has 0 fully saturated rings. The van der Waals surface area contributed by atoms with Crippen LogP contribution in [0.5, 0.6) is 5.75 Å². The lowest BCUT2D eigenvalue weighted by Gasteiger charge is -2.29. The number of ether oxygens (including phenoxy) is 1. The van der Waals surface area contributed by atoms with Crippen LogP contribution in [0.15, 0.2) is 41.8 Å². The minimum atomic E-state index is -0.300. The lowest BCUT2D eigenvalue weighted by Crippen LogP contribution is -2.43. The van der Waals surface area contributed by atoms with Gasteiger partial charge in [-0.3, -0.25) is 14.5 Å². The van der Waals surface area contributed by atoms with E-state index in [-0.39, 0.29) is 25.0 Å². The van der Waals surface area contributed by atoms with Gasteiger partial charge in [-0.15, -0.1) is 11.3 Å². The van der Waals surface area contributed by atoms with Crippen LogP contribution < -0.4 is 15.0 Å². The summed E-state index contributed by atoms with van der Waals surface area (Å²) in [5.41, 5.74) is 3.76. The predicted octanol–water partition coefficient (Wildman–Crippen LogP) is 4.44. The Kier molecular flexibility index (Phi) is 5.25. The summed E-state index contributed by atoms with van der Waals surface area (Å²) < 4.78 is 5.54. The van der Waals surface area contributed by atoms with E-state index in [0.29, 0.717) is 22.1 Å². The van der Waals surface area contributed by atoms with Crippen molar-refractivity contribution in [1.29, 1.82) is 0 Å². The van der Waals surface area contributed by atoms with Crippen molar-refractivity contribution < 1.29 is 14.3 Å². The fraction of sp³-hybridized carbons (Fsp3) is 0.190. The molecule has 3 aromatic rings. The van der Waals surface area contributed by atoms with Crippen molar-refractivity contribution in [1.82, 2.24) is 4.98 Å². The van der Waals surface area contributed by atoms with Gasteiger partial charge < -0.3 is 10.1 Å². The molecule has 0 bridgehead atoms. The van der Waals surface area contributed by atoms with Gasteiger partial charge in [0.25, 0.3) is 5.91 Å². The van der Waals surface area contributed by atoms with Crippen LogP contribution in [-0.4, -0.2) is 29.9 Å². The van der Waals surface area contributed by atoms with Gasteiger partial charge >= 0.3 is 0 Å². The first kappa shape index (κ1) is 19.4. The zero-order valence-electron chi connectivity index (χ0n) is 15.9. The summed E-state index contributed by atoms with van der Waals surface area (Å²) in [6.07, 6.45) is 0. The maximum Gasteiger partial charge on any atom is 0.265 e. The zero-order chi connectivity index (χ0) is 20.5. The van der Waals surface area contributed by atoms with Crippen LogP contribution in [0, 0.1) is 13.8 Å². The monoisotopic (exact) mass is 427 g/mol. The lowest BCUT2D eigenvalue weighted by molar-refractivity contribution is -0.123. The van der Waals surface area contributed by atoms with E-state index in [1.165, 1.54) is 4.90 Å². The van der Waals surface area contributed by atoms with Gasteiger partial charge in [0.1, 0.15) is 12.3 Å². The number of anilines is 2. The highest BCUT2D eigenvalue weighted by molar-refractivity contribution is 7.09. The summed E-state index contributed by atoms with van der Waals surface area (Å²) in [5, 5.41) is 6.36. The Labute approximate surface area is 177 Å². The fourth-order valence-corrected chi connectivity index (χ4v) is 3.98. The Morgan fingerprint density at radius 2 is 2.10 bits per heavy atom. The van der Waals surface area contributed by atoms with E-state index in [1.54, 1.807) is 35.6 Å². The second kappa shape index (κ2) is 7.85. The Morgan fingerprint density at radius 1 is 1.28 bits per heavy atom. The topological polar surface area (TPSA) is 71.5 Å². The van der Waals surface area contributed by atoms with Crippen LogP contribution in [0.4, 0.5) is 11.4 Å². The van der Waals surface area contributed by atoms with E-state index in [4.69, 9.17) is 16.3 Å². The Bertz CT molecular complexity index is 1110. The summed E-state index contributed by atoms with van der Waals surface area (Å²) in [7, 11) is 0. The largest absolute Gasteiger partial charge is 0.482 e. The van der Waals surface area contributed by atoms with Gasteiger partial charge in [0.2, 0.25) is 5.91 Å². The molecule has 0 aliphatic carbocycles. The Morgan fingerprint density at radius 3 is 2.83 bits per heavy atom. The summed E-state index contributed by atoms with van der Waals surface area (Å²) in [6.45, 7) is 3.58. The molecular weight excluding hydrogens is 410 g/mol. The molecule has 29 heavy (non-hydrogen) atoms. The second-order valence-electron chi connectivity index (χ2n) is 6.71. The molecule has 0 atom stereocenters. The Balaban J connectivity index is 1.59. The molecule has 1 aliphatic heterocycles. The quantitative estimate of drug-likeness (QED) is 0.668. The average Bonchev–Trinajstić information content (AvgIpc) is 3.12. The molecule has 2 amide bonds. The Hall–Kier alpha value is -2.90. The van der Waals surface area contributed by atoms with Crippen molar-refractivity contribution in [2.75, 3.05) is 23.4 Å². The summed E-state index contributed by atoms with van der Waals surface area (Å²) in [4.78, 5) is 31.1. The second-order valence-corrected chi connectivity index (χ2v) is 8.21. The summed E-state index contributed by atoms with van der Waals surface area (Å²) in [5.74, 6) is -0.00519. The molecule has 8 heteroatoms. The number of halogens is 1. The van der Waals surface area contributed by atoms with Gasteiger partial charge in [-0.2, -0.15) is 0 Å². The predicted molar refractivity (Wildman–Crippen MR) is 115 cm³/mol. The van der Waals surface area contributed by atoms with Gasteiger partial charge in [0, 0.05) is 21.7 Å². The van der Waals surface area contributed by atoms with Crippen molar-refractivity contribution in [2.45, 2.75) is 13.8 Å². The molecule has 0 saturated heterocycles. The van der Waals surface area contributed by atoms with Gasteiger partial charge in [-0.05, 0) is 55.8 Å². The number of rotatable bonds is 4. The van der Waals surface area contributed by atoms with Gasteiger partial charge in [0.05, 0.1) is 16.4 Å². The maximum absolute atomic E-state index is 12.6. The number of aromatic nitrogens is 1. The number of hydrogen-bond donors (Lipinski definition) is 1. The van der Waals surface area contributed by atoms with Crippen LogP contribution in [-0.2, 0) is 9.59 Å². The first-order valence-corrected chi connectivity index (χ1v) is 10.2. The molecule has 0 spiro atoms. The highest BCUT2D eigenvalue weighted by Crippen LogP contribution is 2.36. The molecule has 0 saturated carbocycles. The molecule has 1 aliphatic rings. The van der Waals surface area contributed by atoms with E-state index in [9.17, 15) is 9.59 Å². The molecule has 1 N–H and O–H groups in total. The standard InChI is InChI=1S/C21H18ClN3O3S/c1-12-7-15(22)4-5-16(12)24-20(26)9-25-18-8-14(17-11-29-13(2)23-17)3-6-19(18)28-10-21(25)27/h3-8,11H,9-10H2,1-2H3,(H,24,26). The van der Waals surface area contributed by atoms with Gasteiger partial charge in [0.15, 0.2) is 6.61 Å². The molecule has 0 unspecified atom stereocenters. The first-order chi connectivity index (χ1) is 13.9. The van der Waals surface area contributed by atoms with Crippen molar-refractivity contribution in [3.8, 4) is 17.0 Å². The molecule has 4 rings (SSSR count). The summed E-state index contributed by atoms with van der Waals surface area (Å²) in [6, 6.07) is 10.8. The molecule has 1 aromatic heterocycles. The van der Waals surface area contributed by atoms with Crippen LogP contribution in [0.2, 0.25) is 5.02 Å². The smallest absolute Gasteiger partial charge is 0.265 e. The third kappa shape index (κ3) is 4.11. The van der Waals surface area contributed by atoms with E-state index < -0.39 is 0 Å². The van der Waals surface area contributed by atoms with Crippen LogP contribution in [0.3, 0.4) is 0 Å². The third-order valence-corrected chi connectivity index (χ3v) is 5.59. The van der Waals surface area contributed by atoms with E-state index in [0.717, 1.165) is 21.8 Å². The normalized spacial score (nSPS) is 13.1. The van der Waals surface area contributed by atoms with Crippen LogP contribution in [0.25, 0.3) is 11.3 Å². The number of thiazole rings is 1. The van der Waals surface area contributed by atoms with Crippen molar-refractivity contribution in [3.05, 3.63) is 57.4 Å². The fourth-order valence-electron chi connectivity index (χ4n) is 3.13. The van der Waals surface area contributed by atoms with Crippen molar-refractivity contribution >= 4 is 46.1 Å². The molecule has 2 aromatic carbocycles. The number of nitrogens with zero attached hydrogens (tertiary/aromatic N) is 2. The highest BCUT2D eigenvalue weighted by Gasteiger charge is 2.28. The lowest BCUT2D eigenvalue weighted by atomic mass is 10.1. The molecule has 2 heterocycles. The molecular formula is C21H18ClN3O3S. The van der Waals surface area contributed by atoms with Crippen LogP contribution >= 0.6 is 22.9 Å². The SMILES string of the molecule is Cc1nc(-c2ccc3c(c2)N(CC(=O)Nc2ccc(Cl)cc2C)C(=O)CO3)cs1. The third-order valence-electron chi connectivity index (χ3n) is 4.58. The number of nitrogens with one attached hydrogen (secondary N) is 1. The molecule has 6 nitrogen and oxygen atoms in total. The average molecular weight is 428 g/mol. The minimum absolute atomic E-state index is 0.102. The number of carbonyl (C=O) groups is 2. The van der Waals surface area contributed by atoms with Gasteiger partial charge in [-0.25, -0.2) is 4.98 Å². The molecule has 0 radical (unpaired) electrons. The summed E-state index contributed by atoms with van der Waals surface area (Å²) >= 11 is 7.52. The van der Waals surface area contributed by atoms with Gasteiger partial charge in [-0.1, -0.05) is 11.6 Å². The molecule has 148 valence electrons.